The second-order valence-corrected chi connectivity index (χ2v) is 4.40. The van der Waals surface area contributed by atoms with Gasteiger partial charge in [-0.15, -0.1) is 0 Å². The van der Waals surface area contributed by atoms with E-state index < -0.39 is 11.9 Å². The topological polar surface area (TPSA) is 77.8 Å². The first kappa shape index (κ1) is 14.6. The number of benzene rings is 1. The van der Waals surface area contributed by atoms with Gasteiger partial charge in [-0.3, -0.25) is 9.59 Å². The third kappa shape index (κ3) is 4.43. The van der Waals surface area contributed by atoms with E-state index in [2.05, 4.69) is 0 Å². The fourth-order valence-corrected chi connectivity index (χ4v) is 1.94. The molecule has 0 bridgehead atoms. The van der Waals surface area contributed by atoms with Crippen LogP contribution in [0.4, 0.5) is 5.69 Å². The minimum Gasteiger partial charge on any atom is -0.481 e. The molecule has 5 nitrogen and oxygen atoms in total. The van der Waals surface area contributed by atoms with Gasteiger partial charge in [0.15, 0.2) is 0 Å². The second kappa shape index (κ2) is 6.47. The molecule has 0 saturated heterocycles. The van der Waals surface area contributed by atoms with Gasteiger partial charge in [0.2, 0.25) is 0 Å². The van der Waals surface area contributed by atoms with Crippen molar-refractivity contribution in [2.75, 3.05) is 18.0 Å². The summed E-state index contributed by atoms with van der Waals surface area (Å²) in [6, 6.07) is 4.61. The highest BCUT2D eigenvalue weighted by Gasteiger charge is 2.15. The summed E-state index contributed by atoms with van der Waals surface area (Å²) < 4.78 is 0. The van der Waals surface area contributed by atoms with E-state index in [4.69, 9.17) is 33.4 Å². The lowest BCUT2D eigenvalue weighted by atomic mass is 10.2. The Kier molecular flexibility index (Phi) is 5.25. The number of halogens is 2. The van der Waals surface area contributed by atoms with Crippen LogP contribution in [-0.4, -0.2) is 35.2 Å². The molecule has 0 radical (unpaired) electrons. The third-order valence-corrected chi connectivity index (χ3v) is 2.71. The van der Waals surface area contributed by atoms with Gasteiger partial charge in [-0.1, -0.05) is 23.2 Å². The monoisotopic (exact) mass is 291 g/mol. The van der Waals surface area contributed by atoms with Gasteiger partial charge in [-0.2, -0.15) is 0 Å². The highest BCUT2D eigenvalue weighted by Crippen LogP contribution is 2.28. The predicted octanol–water partition coefficient (Wildman–Crippen LogP) is 2.36. The molecule has 0 aliphatic heterocycles. The molecule has 0 aliphatic rings. The number of nitrogens with zero attached hydrogens (tertiary/aromatic N) is 1. The van der Waals surface area contributed by atoms with Crippen molar-refractivity contribution in [1.82, 2.24) is 0 Å². The minimum atomic E-state index is -1.06. The number of carbonyl (C=O) groups is 2. The van der Waals surface area contributed by atoms with Gasteiger partial charge in [-0.25, -0.2) is 0 Å². The van der Waals surface area contributed by atoms with Crippen molar-refractivity contribution in [1.29, 1.82) is 0 Å². The molecule has 1 aromatic rings. The smallest absolute Gasteiger partial charge is 0.323 e. The van der Waals surface area contributed by atoms with Crippen molar-refractivity contribution >= 4 is 40.8 Å². The largest absolute Gasteiger partial charge is 0.481 e. The fourth-order valence-electron chi connectivity index (χ4n) is 1.42. The molecular weight excluding hydrogens is 281 g/mol. The van der Waals surface area contributed by atoms with Crippen LogP contribution in [0.1, 0.15) is 6.42 Å². The molecule has 0 aliphatic carbocycles. The number of rotatable bonds is 6. The molecule has 0 spiro atoms. The zero-order chi connectivity index (χ0) is 13.7. The molecule has 7 heteroatoms. The maximum absolute atomic E-state index is 10.7. The van der Waals surface area contributed by atoms with Crippen LogP contribution in [0.2, 0.25) is 10.0 Å². The Labute approximate surface area is 114 Å². The number of carboxylic acids is 2. The average molecular weight is 292 g/mol. The molecule has 0 fully saturated rings. The first-order chi connectivity index (χ1) is 8.40. The SMILES string of the molecule is O=C(O)CCN(CC(=O)O)c1ccc(Cl)cc1Cl. The molecule has 0 heterocycles. The summed E-state index contributed by atoms with van der Waals surface area (Å²) in [7, 11) is 0. The van der Waals surface area contributed by atoms with Crippen LogP contribution in [0, 0.1) is 0 Å². The Balaban J connectivity index is 2.93. The summed E-state index contributed by atoms with van der Waals surface area (Å²) in [4.78, 5) is 22.7. The number of hydrogen-bond acceptors (Lipinski definition) is 3. The summed E-state index contributed by atoms with van der Waals surface area (Å²) in [5, 5.41) is 18.1. The number of aliphatic carboxylic acids is 2. The van der Waals surface area contributed by atoms with E-state index in [1.54, 1.807) is 12.1 Å². The maximum atomic E-state index is 10.7. The van der Waals surface area contributed by atoms with Crippen LogP contribution >= 0.6 is 23.2 Å². The zero-order valence-electron chi connectivity index (χ0n) is 9.27. The fraction of sp³-hybridized carbons (Fsp3) is 0.273. The maximum Gasteiger partial charge on any atom is 0.323 e. The van der Waals surface area contributed by atoms with E-state index in [-0.39, 0.29) is 24.5 Å². The van der Waals surface area contributed by atoms with Gasteiger partial charge >= 0.3 is 11.9 Å². The highest BCUT2D eigenvalue weighted by atomic mass is 35.5. The van der Waals surface area contributed by atoms with E-state index in [1.165, 1.54) is 11.0 Å². The van der Waals surface area contributed by atoms with Crippen LogP contribution in [0.3, 0.4) is 0 Å². The van der Waals surface area contributed by atoms with Crippen molar-refractivity contribution in [3.63, 3.8) is 0 Å². The zero-order valence-corrected chi connectivity index (χ0v) is 10.8. The Morgan fingerprint density at radius 2 is 1.83 bits per heavy atom. The number of anilines is 1. The number of hydrogen-bond donors (Lipinski definition) is 2. The summed E-state index contributed by atoms with van der Waals surface area (Å²) in [5.41, 5.74) is 0.449. The lowest BCUT2D eigenvalue weighted by Gasteiger charge is -2.23. The van der Waals surface area contributed by atoms with Crippen LogP contribution in [-0.2, 0) is 9.59 Å². The van der Waals surface area contributed by atoms with E-state index in [0.717, 1.165) is 0 Å². The second-order valence-electron chi connectivity index (χ2n) is 3.55. The summed E-state index contributed by atoms with van der Waals surface area (Å²) in [6.07, 6.45) is -0.174. The van der Waals surface area contributed by atoms with Gasteiger partial charge in [0, 0.05) is 11.6 Å². The minimum absolute atomic E-state index is 0.0585. The Hall–Kier alpha value is -1.46. The molecule has 0 unspecified atom stereocenters. The van der Waals surface area contributed by atoms with Crippen molar-refractivity contribution < 1.29 is 19.8 Å². The van der Waals surface area contributed by atoms with Gasteiger partial charge in [0.05, 0.1) is 17.1 Å². The molecule has 1 aromatic carbocycles. The predicted molar refractivity (Wildman–Crippen MR) is 68.6 cm³/mol. The molecule has 0 amide bonds. The van der Waals surface area contributed by atoms with Crippen molar-refractivity contribution in [2.45, 2.75) is 6.42 Å². The Morgan fingerprint density at radius 3 is 2.33 bits per heavy atom. The average Bonchev–Trinajstić information content (AvgIpc) is 2.24. The summed E-state index contributed by atoms with van der Waals surface area (Å²) >= 11 is 11.7. The molecule has 0 saturated carbocycles. The molecule has 98 valence electrons. The van der Waals surface area contributed by atoms with Gasteiger partial charge in [0.1, 0.15) is 6.54 Å². The number of carboxylic acid groups (broad SMARTS) is 2. The van der Waals surface area contributed by atoms with Gasteiger partial charge in [-0.05, 0) is 18.2 Å². The Morgan fingerprint density at radius 1 is 1.17 bits per heavy atom. The van der Waals surface area contributed by atoms with Gasteiger partial charge in [0.25, 0.3) is 0 Å². The summed E-state index contributed by atoms with van der Waals surface area (Å²) in [6.45, 7) is -0.266. The molecule has 0 aromatic heterocycles. The van der Waals surface area contributed by atoms with Crippen molar-refractivity contribution in [3.05, 3.63) is 28.2 Å². The van der Waals surface area contributed by atoms with E-state index in [0.29, 0.717) is 10.7 Å². The van der Waals surface area contributed by atoms with Crippen LogP contribution in [0.5, 0.6) is 0 Å². The van der Waals surface area contributed by atoms with Crippen LogP contribution < -0.4 is 4.90 Å². The lowest BCUT2D eigenvalue weighted by Crippen LogP contribution is -2.32. The first-order valence-electron chi connectivity index (χ1n) is 5.03. The molecule has 1 rings (SSSR count). The quantitative estimate of drug-likeness (QED) is 0.841. The van der Waals surface area contributed by atoms with Crippen LogP contribution in [0.25, 0.3) is 0 Å². The molecule has 18 heavy (non-hydrogen) atoms. The first-order valence-corrected chi connectivity index (χ1v) is 5.79. The molecule has 0 atom stereocenters. The van der Waals surface area contributed by atoms with Gasteiger partial charge < -0.3 is 15.1 Å². The molecular formula is C11H11Cl2NO4. The lowest BCUT2D eigenvalue weighted by molar-refractivity contribution is -0.138. The summed E-state index contributed by atoms with van der Waals surface area (Å²) in [5.74, 6) is -2.07. The van der Waals surface area contributed by atoms with E-state index >= 15 is 0 Å². The van der Waals surface area contributed by atoms with Crippen LogP contribution in [0.15, 0.2) is 18.2 Å². The van der Waals surface area contributed by atoms with E-state index in [9.17, 15) is 9.59 Å². The van der Waals surface area contributed by atoms with E-state index in [1.807, 2.05) is 0 Å². The standard InChI is InChI=1S/C11H11Cl2NO4/c12-7-1-2-9(8(13)5-7)14(6-11(17)18)4-3-10(15)16/h1-2,5H,3-4,6H2,(H,15,16)(H,17,18). The highest BCUT2D eigenvalue weighted by molar-refractivity contribution is 6.36. The Bertz CT molecular complexity index is 464. The normalized spacial score (nSPS) is 10.1. The molecule has 2 N–H and O–H groups in total. The van der Waals surface area contributed by atoms with Crippen molar-refractivity contribution in [3.8, 4) is 0 Å². The third-order valence-electron chi connectivity index (χ3n) is 2.17. The van der Waals surface area contributed by atoms with Crippen molar-refractivity contribution in [2.24, 2.45) is 0 Å².